The van der Waals surface area contributed by atoms with Crippen molar-refractivity contribution < 1.29 is 27.4 Å². The third-order valence-corrected chi connectivity index (χ3v) is 4.63. The molecule has 0 atom stereocenters. The quantitative estimate of drug-likeness (QED) is 0.411. The second kappa shape index (κ2) is 9.97. The number of carbonyl (C=O) groups is 1. The van der Waals surface area contributed by atoms with Crippen molar-refractivity contribution in [1.82, 2.24) is 9.97 Å². The average molecular weight is 435 g/mol. The lowest BCUT2D eigenvalue weighted by atomic mass is 10.1. The Morgan fingerprint density at radius 3 is 2.60 bits per heavy atom. The van der Waals surface area contributed by atoms with Gasteiger partial charge in [0.15, 0.2) is 16.7 Å². The maximum atomic E-state index is 13.1. The van der Waals surface area contributed by atoms with Crippen LogP contribution in [0.5, 0.6) is 11.5 Å². The highest BCUT2D eigenvalue weighted by Gasteiger charge is 2.13. The molecule has 2 aromatic carbocycles. The van der Waals surface area contributed by atoms with E-state index in [9.17, 15) is 18.0 Å². The van der Waals surface area contributed by atoms with Crippen molar-refractivity contribution in [2.24, 2.45) is 0 Å². The Morgan fingerprint density at radius 2 is 1.90 bits per heavy atom. The molecule has 156 valence electrons. The van der Waals surface area contributed by atoms with Crippen molar-refractivity contribution in [3.63, 3.8) is 0 Å². The highest BCUT2D eigenvalue weighted by molar-refractivity contribution is 7.99. The van der Waals surface area contributed by atoms with Gasteiger partial charge in [0.2, 0.25) is 5.91 Å². The first kappa shape index (κ1) is 21.4. The summed E-state index contributed by atoms with van der Waals surface area (Å²) in [6.45, 7) is -2.98. The molecule has 1 amide bonds. The number of hydrogen-bond donors (Lipinski definition) is 1. The van der Waals surface area contributed by atoms with Gasteiger partial charge in [0, 0.05) is 23.5 Å². The number of benzene rings is 2. The van der Waals surface area contributed by atoms with Crippen molar-refractivity contribution in [3.8, 4) is 22.8 Å². The van der Waals surface area contributed by atoms with E-state index in [-0.39, 0.29) is 29.0 Å². The molecule has 0 saturated carbocycles. The van der Waals surface area contributed by atoms with Gasteiger partial charge < -0.3 is 14.8 Å². The average Bonchev–Trinajstić information content (AvgIpc) is 2.74. The van der Waals surface area contributed by atoms with Crippen LogP contribution in [0.2, 0.25) is 0 Å². The number of hydrogen-bond acceptors (Lipinski definition) is 6. The van der Waals surface area contributed by atoms with Crippen molar-refractivity contribution >= 4 is 23.4 Å². The van der Waals surface area contributed by atoms with Crippen molar-refractivity contribution in [3.05, 3.63) is 60.5 Å². The molecule has 3 aromatic rings. The van der Waals surface area contributed by atoms with Crippen LogP contribution in [0.25, 0.3) is 11.3 Å². The fourth-order valence-corrected chi connectivity index (χ4v) is 3.09. The fraction of sp³-hybridized carbons (Fsp3) is 0.150. The maximum absolute atomic E-state index is 13.1. The molecule has 1 N–H and O–H groups in total. The van der Waals surface area contributed by atoms with E-state index in [0.29, 0.717) is 16.5 Å². The maximum Gasteiger partial charge on any atom is 0.387 e. The van der Waals surface area contributed by atoms with Crippen molar-refractivity contribution in [1.29, 1.82) is 0 Å². The Bertz CT molecular complexity index is 1020. The summed E-state index contributed by atoms with van der Waals surface area (Å²) in [5.41, 5.74) is 1.69. The summed E-state index contributed by atoms with van der Waals surface area (Å²) in [5.74, 6) is -0.739. The first-order chi connectivity index (χ1) is 14.4. The van der Waals surface area contributed by atoms with Gasteiger partial charge in [-0.2, -0.15) is 8.78 Å². The molecule has 0 fully saturated rings. The molecule has 6 nitrogen and oxygen atoms in total. The van der Waals surface area contributed by atoms with E-state index in [2.05, 4.69) is 20.0 Å². The van der Waals surface area contributed by atoms with Crippen LogP contribution in [0.4, 0.5) is 18.9 Å². The summed E-state index contributed by atoms with van der Waals surface area (Å²) < 4.78 is 47.2. The minimum atomic E-state index is -2.98. The first-order valence-electron chi connectivity index (χ1n) is 8.59. The number of anilines is 1. The number of alkyl halides is 2. The minimum Gasteiger partial charge on any atom is -0.493 e. The Labute approximate surface area is 174 Å². The van der Waals surface area contributed by atoms with E-state index in [0.717, 1.165) is 17.3 Å². The number of amides is 1. The lowest BCUT2D eigenvalue weighted by molar-refractivity contribution is -0.113. The number of ether oxygens (including phenoxy) is 2. The topological polar surface area (TPSA) is 73.3 Å². The van der Waals surface area contributed by atoms with Crippen molar-refractivity contribution in [2.45, 2.75) is 11.8 Å². The molecule has 0 saturated heterocycles. The molecule has 0 aliphatic rings. The number of nitrogens with zero attached hydrogens (tertiary/aromatic N) is 2. The van der Waals surface area contributed by atoms with Crippen LogP contribution in [0.1, 0.15) is 0 Å². The standard InChI is InChI=1S/C20H16F3N3O3S/c1-28-17-10-14(6-7-16(17)29-19(22)23)25-18(27)11-30-20-24-9-8-15(26-20)12-2-4-13(21)5-3-12/h2-10,19H,11H2,1H3,(H,25,27). The first-order valence-corrected chi connectivity index (χ1v) is 9.57. The van der Waals surface area contributed by atoms with Crippen LogP contribution in [0.15, 0.2) is 59.9 Å². The molecule has 0 aliphatic carbocycles. The number of nitrogens with one attached hydrogen (secondary N) is 1. The summed E-state index contributed by atoms with van der Waals surface area (Å²) in [4.78, 5) is 20.7. The van der Waals surface area contributed by atoms with E-state index in [1.807, 2.05) is 0 Å². The van der Waals surface area contributed by atoms with Crippen LogP contribution in [-0.4, -0.2) is 35.3 Å². The molecule has 0 aliphatic heterocycles. The molecule has 3 rings (SSSR count). The SMILES string of the molecule is COc1cc(NC(=O)CSc2nccc(-c3ccc(F)cc3)n2)ccc1OC(F)F. The largest absolute Gasteiger partial charge is 0.493 e. The lowest BCUT2D eigenvalue weighted by Crippen LogP contribution is -2.14. The highest BCUT2D eigenvalue weighted by Crippen LogP contribution is 2.31. The third-order valence-electron chi connectivity index (χ3n) is 3.77. The Morgan fingerprint density at radius 1 is 1.13 bits per heavy atom. The summed E-state index contributed by atoms with van der Waals surface area (Å²) in [6.07, 6.45) is 1.55. The number of carbonyl (C=O) groups excluding carboxylic acids is 1. The predicted molar refractivity (Wildman–Crippen MR) is 106 cm³/mol. The lowest BCUT2D eigenvalue weighted by Gasteiger charge is -2.12. The summed E-state index contributed by atoms with van der Waals surface area (Å²) in [7, 11) is 1.31. The van der Waals surface area contributed by atoms with E-state index >= 15 is 0 Å². The molecule has 10 heteroatoms. The third kappa shape index (κ3) is 5.86. The van der Waals surface area contributed by atoms with E-state index in [4.69, 9.17) is 4.74 Å². The molecule has 30 heavy (non-hydrogen) atoms. The molecule has 1 aromatic heterocycles. The van der Waals surface area contributed by atoms with Crippen LogP contribution in [0, 0.1) is 5.82 Å². The van der Waals surface area contributed by atoms with Crippen molar-refractivity contribution in [2.75, 3.05) is 18.2 Å². The second-order valence-electron chi connectivity index (χ2n) is 5.81. The van der Waals surface area contributed by atoms with Gasteiger partial charge in [0.25, 0.3) is 0 Å². The molecular formula is C20H16F3N3O3S. The zero-order valence-electron chi connectivity index (χ0n) is 15.6. The minimum absolute atomic E-state index is 0.0183. The van der Waals surface area contributed by atoms with Gasteiger partial charge in [-0.1, -0.05) is 11.8 Å². The van der Waals surface area contributed by atoms with Gasteiger partial charge in [0.05, 0.1) is 18.6 Å². The normalized spacial score (nSPS) is 10.7. The molecule has 0 spiro atoms. The highest BCUT2D eigenvalue weighted by atomic mass is 32.2. The number of halogens is 3. The zero-order chi connectivity index (χ0) is 21.5. The number of rotatable bonds is 8. The molecular weight excluding hydrogens is 419 g/mol. The fourth-order valence-electron chi connectivity index (χ4n) is 2.46. The van der Waals surface area contributed by atoms with Crippen LogP contribution < -0.4 is 14.8 Å². The molecule has 0 radical (unpaired) electrons. The monoisotopic (exact) mass is 435 g/mol. The van der Waals surface area contributed by atoms with E-state index in [1.165, 1.54) is 37.4 Å². The van der Waals surface area contributed by atoms with Crippen LogP contribution >= 0.6 is 11.8 Å². The van der Waals surface area contributed by atoms with Gasteiger partial charge in [-0.15, -0.1) is 0 Å². The molecule has 1 heterocycles. The van der Waals surface area contributed by atoms with Gasteiger partial charge in [-0.05, 0) is 42.5 Å². The summed E-state index contributed by atoms with van der Waals surface area (Å²) in [6, 6.07) is 11.7. The number of thioether (sulfide) groups is 1. The van der Waals surface area contributed by atoms with Gasteiger partial charge in [-0.25, -0.2) is 14.4 Å². The predicted octanol–water partition coefficient (Wildman–Crippen LogP) is 4.62. The van der Waals surface area contributed by atoms with Gasteiger partial charge >= 0.3 is 6.61 Å². The Hall–Kier alpha value is -3.27. The summed E-state index contributed by atoms with van der Waals surface area (Å²) in [5, 5.41) is 3.02. The number of aromatic nitrogens is 2. The van der Waals surface area contributed by atoms with E-state index in [1.54, 1.807) is 24.4 Å². The second-order valence-corrected chi connectivity index (χ2v) is 6.75. The Kier molecular flexibility index (Phi) is 7.12. The van der Waals surface area contributed by atoms with Crippen LogP contribution in [0.3, 0.4) is 0 Å². The molecule has 0 bridgehead atoms. The number of methoxy groups -OCH3 is 1. The van der Waals surface area contributed by atoms with Gasteiger partial charge in [0.1, 0.15) is 5.82 Å². The van der Waals surface area contributed by atoms with Gasteiger partial charge in [-0.3, -0.25) is 4.79 Å². The smallest absolute Gasteiger partial charge is 0.387 e. The van der Waals surface area contributed by atoms with Crippen LogP contribution in [-0.2, 0) is 4.79 Å². The Balaban J connectivity index is 1.61. The zero-order valence-corrected chi connectivity index (χ0v) is 16.5. The summed E-state index contributed by atoms with van der Waals surface area (Å²) >= 11 is 1.12. The molecule has 0 unspecified atom stereocenters. The van der Waals surface area contributed by atoms with E-state index < -0.39 is 6.61 Å².